The van der Waals surface area contributed by atoms with Crippen molar-refractivity contribution in [1.82, 2.24) is 4.90 Å². The van der Waals surface area contributed by atoms with Gasteiger partial charge in [0.1, 0.15) is 6.04 Å². The first kappa shape index (κ1) is 17.6. The van der Waals surface area contributed by atoms with Crippen molar-refractivity contribution in [2.75, 3.05) is 36.4 Å². The highest BCUT2D eigenvalue weighted by Gasteiger charge is 2.25. The molecule has 1 amide bonds. The third-order valence-electron chi connectivity index (χ3n) is 4.64. The smallest absolute Gasteiger partial charge is 0.244 e. The molecule has 0 radical (unpaired) electrons. The molecule has 1 atom stereocenters. The molecular weight excluding hydrogens is 334 g/mol. The van der Waals surface area contributed by atoms with Gasteiger partial charge in [0.15, 0.2) is 0 Å². The van der Waals surface area contributed by atoms with Crippen molar-refractivity contribution < 1.29 is 4.79 Å². The first-order valence-electron chi connectivity index (χ1n) is 8.66. The van der Waals surface area contributed by atoms with Crippen molar-refractivity contribution in [1.29, 1.82) is 0 Å². The van der Waals surface area contributed by atoms with Gasteiger partial charge in [-0.1, -0.05) is 35.9 Å². The molecule has 2 aromatic carbocycles. The number of hydrogen-bond donors (Lipinski definition) is 1. The van der Waals surface area contributed by atoms with Crippen LogP contribution in [0.3, 0.4) is 0 Å². The quantitative estimate of drug-likeness (QED) is 0.904. The summed E-state index contributed by atoms with van der Waals surface area (Å²) in [5.74, 6) is 0.129. The van der Waals surface area contributed by atoms with Gasteiger partial charge in [-0.15, -0.1) is 0 Å². The number of rotatable bonds is 4. The van der Waals surface area contributed by atoms with Crippen LogP contribution in [0.15, 0.2) is 48.5 Å². The number of aryl methyl sites for hydroxylation is 1. The summed E-state index contributed by atoms with van der Waals surface area (Å²) < 4.78 is 0. The van der Waals surface area contributed by atoms with Crippen LogP contribution < -0.4 is 10.2 Å². The molecule has 0 spiro atoms. The van der Waals surface area contributed by atoms with Gasteiger partial charge in [-0.05, 0) is 43.7 Å². The minimum absolute atomic E-state index is 0.129. The monoisotopic (exact) mass is 357 g/mol. The molecule has 132 valence electrons. The highest BCUT2D eigenvalue weighted by Crippen LogP contribution is 2.21. The van der Waals surface area contributed by atoms with E-state index < -0.39 is 0 Å². The summed E-state index contributed by atoms with van der Waals surface area (Å²) >= 11 is 6.16. The Morgan fingerprint density at radius 1 is 1.08 bits per heavy atom. The van der Waals surface area contributed by atoms with E-state index in [0.717, 1.165) is 37.4 Å². The van der Waals surface area contributed by atoms with E-state index in [0.29, 0.717) is 5.02 Å². The van der Waals surface area contributed by atoms with Gasteiger partial charge in [0, 0.05) is 42.6 Å². The number of piperazine rings is 1. The van der Waals surface area contributed by atoms with Crippen LogP contribution >= 0.6 is 11.6 Å². The largest absolute Gasteiger partial charge is 0.374 e. The van der Waals surface area contributed by atoms with Crippen LogP contribution in [-0.2, 0) is 4.79 Å². The first-order chi connectivity index (χ1) is 12.0. The Morgan fingerprint density at radius 3 is 2.40 bits per heavy atom. The van der Waals surface area contributed by atoms with Crippen LogP contribution in [0.4, 0.5) is 11.4 Å². The number of hydrogen-bond acceptors (Lipinski definition) is 3. The molecule has 5 heteroatoms. The summed E-state index contributed by atoms with van der Waals surface area (Å²) in [5.41, 5.74) is 3.12. The third kappa shape index (κ3) is 4.26. The van der Waals surface area contributed by atoms with Crippen LogP contribution in [0.2, 0.25) is 5.02 Å². The molecule has 0 aliphatic carbocycles. The SMILES string of the molecule is Cc1ccc(NC(C)C(=O)N2CCN(c3ccccc3)CC2)cc1Cl. The highest BCUT2D eigenvalue weighted by molar-refractivity contribution is 6.31. The number of anilines is 2. The van der Waals surface area contributed by atoms with Crippen LogP contribution in [0.1, 0.15) is 12.5 Å². The summed E-state index contributed by atoms with van der Waals surface area (Å²) in [6.45, 7) is 7.08. The molecule has 1 N–H and O–H groups in total. The van der Waals surface area contributed by atoms with Gasteiger partial charge in [0.05, 0.1) is 0 Å². The zero-order valence-electron chi connectivity index (χ0n) is 14.7. The number of halogens is 1. The fourth-order valence-corrected chi connectivity index (χ4v) is 3.27. The van der Waals surface area contributed by atoms with Gasteiger partial charge in [0.2, 0.25) is 5.91 Å². The van der Waals surface area contributed by atoms with E-state index in [2.05, 4.69) is 22.3 Å². The van der Waals surface area contributed by atoms with Crippen molar-refractivity contribution in [3.63, 3.8) is 0 Å². The van der Waals surface area contributed by atoms with Crippen molar-refractivity contribution in [2.45, 2.75) is 19.9 Å². The maximum atomic E-state index is 12.7. The van der Waals surface area contributed by atoms with Crippen LogP contribution in [-0.4, -0.2) is 43.0 Å². The van der Waals surface area contributed by atoms with Gasteiger partial charge in [-0.3, -0.25) is 4.79 Å². The third-order valence-corrected chi connectivity index (χ3v) is 5.05. The fourth-order valence-electron chi connectivity index (χ4n) is 3.09. The van der Waals surface area contributed by atoms with Gasteiger partial charge in [0.25, 0.3) is 0 Å². The Bertz CT molecular complexity index is 727. The maximum Gasteiger partial charge on any atom is 0.244 e. The average Bonchev–Trinajstić information content (AvgIpc) is 2.65. The highest BCUT2D eigenvalue weighted by atomic mass is 35.5. The van der Waals surface area contributed by atoms with Gasteiger partial charge < -0.3 is 15.1 Å². The van der Waals surface area contributed by atoms with E-state index in [4.69, 9.17) is 11.6 Å². The molecule has 1 fully saturated rings. The number of benzene rings is 2. The summed E-state index contributed by atoms with van der Waals surface area (Å²) in [4.78, 5) is 17.0. The Labute approximate surface area is 154 Å². The Morgan fingerprint density at radius 2 is 1.76 bits per heavy atom. The minimum atomic E-state index is -0.276. The molecule has 0 saturated carbocycles. The zero-order chi connectivity index (χ0) is 17.8. The van der Waals surface area contributed by atoms with Crippen molar-refractivity contribution in [3.05, 3.63) is 59.1 Å². The fraction of sp³-hybridized carbons (Fsp3) is 0.350. The second-order valence-corrected chi connectivity index (χ2v) is 6.89. The zero-order valence-corrected chi connectivity index (χ0v) is 15.5. The predicted molar refractivity (Wildman–Crippen MR) is 105 cm³/mol. The Kier molecular flexibility index (Phi) is 5.49. The molecule has 1 heterocycles. The Hall–Kier alpha value is -2.20. The van der Waals surface area contributed by atoms with Crippen LogP contribution in [0.5, 0.6) is 0 Å². The molecule has 0 bridgehead atoms. The summed E-state index contributed by atoms with van der Waals surface area (Å²) in [6, 6.07) is 15.9. The molecule has 0 aromatic heterocycles. The molecule has 1 unspecified atom stereocenters. The molecule has 1 aliphatic rings. The summed E-state index contributed by atoms with van der Waals surface area (Å²) in [6.07, 6.45) is 0. The normalized spacial score (nSPS) is 15.8. The van der Waals surface area contributed by atoms with E-state index in [1.807, 2.05) is 55.1 Å². The van der Waals surface area contributed by atoms with Crippen molar-refractivity contribution >= 4 is 28.9 Å². The van der Waals surface area contributed by atoms with Gasteiger partial charge >= 0.3 is 0 Å². The lowest BCUT2D eigenvalue weighted by molar-refractivity contribution is -0.131. The standard InChI is InChI=1S/C20H24ClN3O/c1-15-8-9-17(14-19(15)21)22-16(2)20(25)24-12-10-23(11-13-24)18-6-4-3-5-7-18/h3-9,14,16,22H,10-13H2,1-2H3. The minimum Gasteiger partial charge on any atom is -0.374 e. The maximum absolute atomic E-state index is 12.7. The molecule has 1 saturated heterocycles. The number of nitrogens with zero attached hydrogens (tertiary/aromatic N) is 2. The number of carbonyl (C=O) groups is 1. The van der Waals surface area contributed by atoms with E-state index in [-0.39, 0.29) is 11.9 Å². The molecule has 4 nitrogen and oxygen atoms in total. The molecule has 1 aliphatic heterocycles. The van der Waals surface area contributed by atoms with Crippen molar-refractivity contribution in [2.24, 2.45) is 0 Å². The lowest BCUT2D eigenvalue weighted by atomic mass is 10.2. The van der Waals surface area contributed by atoms with E-state index >= 15 is 0 Å². The predicted octanol–water partition coefficient (Wildman–Crippen LogP) is 3.80. The van der Waals surface area contributed by atoms with Gasteiger partial charge in [-0.25, -0.2) is 0 Å². The Balaban J connectivity index is 1.55. The number of carbonyl (C=O) groups excluding carboxylic acids is 1. The lowest BCUT2D eigenvalue weighted by Gasteiger charge is -2.37. The lowest BCUT2D eigenvalue weighted by Crippen LogP contribution is -2.52. The molecule has 3 rings (SSSR count). The van der Waals surface area contributed by atoms with Crippen molar-refractivity contribution in [3.8, 4) is 0 Å². The van der Waals surface area contributed by atoms with E-state index in [1.54, 1.807) is 0 Å². The topological polar surface area (TPSA) is 35.6 Å². The van der Waals surface area contributed by atoms with E-state index in [1.165, 1.54) is 5.69 Å². The molecule has 25 heavy (non-hydrogen) atoms. The second-order valence-electron chi connectivity index (χ2n) is 6.48. The van der Waals surface area contributed by atoms with E-state index in [9.17, 15) is 4.79 Å². The molecular formula is C20H24ClN3O. The van der Waals surface area contributed by atoms with Crippen LogP contribution in [0.25, 0.3) is 0 Å². The van der Waals surface area contributed by atoms with Crippen LogP contribution in [0, 0.1) is 6.92 Å². The molecule has 2 aromatic rings. The van der Waals surface area contributed by atoms with Gasteiger partial charge in [-0.2, -0.15) is 0 Å². The summed E-state index contributed by atoms with van der Waals surface area (Å²) in [7, 11) is 0. The number of amides is 1. The number of para-hydroxylation sites is 1. The average molecular weight is 358 g/mol. The first-order valence-corrected chi connectivity index (χ1v) is 9.04. The second kappa shape index (κ2) is 7.79. The number of nitrogens with one attached hydrogen (secondary N) is 1. The summed E-state index contributed by atoms with van der Waals surface area (Å²) in [5, 5.41) is 3.97.